The molecule has 1 aromatic rings. The Morgan fingerprint density at radius 2 is 2.55 bits per heavy atom. The number of nitrogens with one attached hydrogen (secondary N) is 1. The molecule has 0 atom stereocenters. The van der Waals surface area contributed by atoms with Gasteiger partial charge in [-0.15, -0.1) is 0 Å². The van der Waals surface area contributed by atoms with Crippen molar-refractivity contribution in [2.45, 2.75) is 19.8 Å². The Kier molecular flexibility index (Phi) is 2.25. The topological polar surface area (TPSA) is 66.0 Å². The van der Waals surface area contributed by atoms with Gasteiger partial charge in [-0.05, 0) is 6.42 Å². The summed E-state index contributed by atoms with van der Waals surface area (Å²) in [6, 6.07) is 0. The molecule has 0 aromatic carbocycles. The van der Waals surface area contributed by atoms with Crippen LogP contribution >= 0.6 is 0 Å². The molecule has 0 spiro atoms. The molecule has 60 valence electrons. The second kappa shape index (κ2) is 3.18. The molecule has 1 heterocycles. The third kappa shape index (κ3) is 1.80. The fourth-order valence-corrected chi connectivity index (χ4v) is 0.864. The lowest BCUT2D eigenvalue weighted by Crippen LogP contribution is -1.98. The lowest BCUT2D eigenvalue weighted by atomic mass is 10.3. The van der Waals surface area contributed by atoms with Crippen molar-refractivity contribution in [3.8, 4) is 0 Å². The molecule has 4 nitrogen and oxygen atoms in total. The van der Waals surface area contributed by atoms with E-state index in [4.69, 9.17) is 5.11 Å². The van der Waals surface area contributed by atoms with Crippen molar-refractivity contribution < 1.29 is 9.90 Å². The molecule has 0 aliphatic heterocycles. The molecule has 0 saturated heterocycles. The number of rotatable bonds is 3. The van der Waals surface area contributed by atoms with Crippen LogP contribution in [-0.4, -0.2) is 21.0 Å². The standard InChI is InChI=1S/C7H10N2O2/c1-2-3-5-4-8-6(9-5)7(10)11/h4H,2-3H2,1H3,(H,8,9)(H,10,11). The zero-order chi connectivity index (χ0) is 8.27. The van der Waals surface area contributed by atoms with Gasteiger partial charge in [-0.3, -0.25) is 0 Å². The average Bonchev–Trinajstić information content (AvgIpc) is 2.37. The summed E-state index contributed by atoms with van der Waals surface area (Å²) in [5.74, 6) is -0.985. The maximum Gasteiger partial charge on any atom is 0.371 e. The summed E-state index contributed by atoms with van der Waals surface area (Å²) < 4.78 is 0. The minimum absolute atomic E-state index is 0.0217. The molecule has 0 unspecified atom stereocenters. The van der Waals surface area contributed by atoms with Crippen LogP contribution in [0.4, 0.5) is 0 Å². The molecule has 0 aliphatic carbocycles. The molecule has 1 rings (SSSR count). The number of H-pyrrole nitrogens is 1. The van der Waals surface area contributed by atoms with E-state index in [-0.39, 0.29) is 5.82 Å². The zero-order valence-electron chi connectivity index (χ0n) is 6.29. The van der Waals surface area contributed by atoms with Gasteiger partial charge in [0, 0.05) is 11.9 Å². The van der Waals surface area contributed by atoms with Gasteiger partial charge in [0.05, 0.1) is 0 Å². The Morgan fingerprint density at radius 3 is 3.00 bits per heavy atom. The predicted octanol–water partition coefficient (Wildman–Crippen LogP) is 1.06. The van der Waals surface area contributed by atoms with Crippen LogP contribution in [0.15, 0.2) is 6.20 Å². The third-order valence-electron chi connectivity index (χ3n) is 1.35. The molecule has 0 bridgehead atoms. The predicted molar refractivity (Wildman–Crippen MR) is 39.5 cm³/mol. The van der Waals surface area contributed by atoms with Crippen LogP contribution < -0.4 is 0 Å². The van der Waals surface area contributed by atoms with Gasteiger partial charge in [0.2, 0.25) is 5.82 Å². The highest BCUT2D eigenvalue weighted by Gasteiger charge is 2.05. The normalized spacial score (nSPS) is 9.91. The third-order valence-corrected chi connectivity index (χ3v) is 1.35. The van der Waals surface area contributed by atoms with Crippen LogP contribution in [-0.2, 0) is 6.42 Å². The summed E-state index contributed by atoms with van der Waals surface area (Å²) in [5.41, 5.74) is 0.880. The average molecular weight is 154 g/mol. The maximum absolute atomic E-state index is 10.3. The van der Waals surface area contributed by atoms with Crippen molar-refractivity contribution in [1.82, 2.24) is 9.97 Å². The van der Waals surface area contributed by atoms with Gasteiger partial charge in [0.15, 0.2) is 0 Å². The first kappa shape index (κ1) is 7.78. The van der Waals surface area contributed by atoms with E-state index in [0.29, 0.717) is 0 Å². The lowest BCUT2D eigenvalue weighted by molar-refractivity contribution is 0.0684. The smallest absolute Gasteiger partial charge is 0.371 e. The van der Waals surface area contributed by atoms with E-state index >= 15 is 0 Å². The number of carboxylic acid groups (broad SMARTS) is 1. The minimum Gasteiger partial charge on any atom is -0.475 e. The Morgan fingerprint density at radius 1 is 1.82 bits per heavy atom. The number of imidazole rings is 1. The Balaban J connectivity index is 2.73. The molecule has 0 aliphatic rings. The van der Waals surface area contributed by atoms with Gasteiger partial charge >= 0.3 is 5.97 Å². The number of aromatic amines is 1. The Labute approximate surface area is 64.3 Å². The van der Waals surface area contributed by atoms with Crippen LogP contribution in [0, 0.1) is 0 Å². The summed E-state index contributed by atoms with van der Waals surface area (Å²) in [6.07, 6.45) is 3.40. The van der Waals surface area contributed by atoms with Crippen molar-refractivity contribution in [2.75, 3.05) is 0 Å². The zero-order valence-corrected chi connectivity index (χ0v) is 6.29. The van der Waals surface area contributed by atoms with E-state index in [0.717, 1.165) is 18.5 Å². The largest absolute Gasteiger partial charge is 0.475 e. The van der Waals surface area contributed by atoms with Crippen LogP contribution in [0.1, 0.15) is 29.7 Å². The number of aromatic nitrogens is 2. The van der Waals surface area contributed by atoms with Crippen LogP contribution in [0.5, 0.6) is 0 Å². The number of hydrogen-bond donors (Lipinski definition) is 2. The molecular formula is C7H10N2O2. The Bertz CT molecular complexity index is 255. The van der Waals surface area contributed by atoms with E-state index in [9.17, 15) is 4.79 Å². The fraction of sp³-hybridized carbons (Fsp3) is 0.429. The van der Waals surface area contributed by atoms with Crippen LogP contribution in [0.3, 0.4) is 0 Å². The lowest BCUT2D eigenvalue weighted by Gasteiger charge is -1.88. The number of aryl methyl sites for hydroxylation is 1. The summed E-state index contributed by atoms with van der Waals surface area (Å²) in [4.78, 5) is 16.7. The van der Waals surface area contributed by atoms with Crippen molar-refractivity contribution in [3.63, 3.8) is 0 Å². The van der Waals surface area contributed by atoms with Crippen molar-refractivity contribution in [1.29, 1.82) is 0 Å². The van der Waals surface area contributed by atoms with Crippen LogP contribution in [0.25, 0.3) is 0 Å². The summed E-state index contributed by atoms with van der Waals surface area (Å²) in [5, 5.41) is 8.47. The monoisotopic (exact) mass is 154 g/mol. The van der Waals surface area contributed by atoms with E-state index in [2.05, 4.69) is 9.97 Å². The molecule has 0 radical (unpaired) electrons. The van der Waals surface area contributed by atoms with E-state index in [1.807, 2.05) is 6.92 Å². The number of nitrogens with zero attached hydrogens (tertiary/aromatic N) is 1. The second-order valence-electron chi connectivity index (χ2n) is 2.31. The molecule has 0 saturated carbocycles. The van der Waals surface area contributed by atoms with Crippen molar-refractivity contribution in [3.05, 3.63) is 17.7 Å². The quantitative estimate of drug-likeness (QED) is 0.684. The highest BCUT2D eigenvalue weighted by atomic mass is 16.4. The first-order valence-corrected chi connectivity index (χ1v) is 3.51. The van der Waals surface area contributed by atoms with E-state index < -0.39 is 5.97 Å². The fourth-order valence-electron chi connectivity index (χ4n) is 0.864. The van der Waals surface area contributed by atoms with Gasteiger partial charge in [-0.2, -0.15) is 0 Å². The number of carboxylic acids is 1. The molecule has 0 amide bonds. The highest BCUT2D eigenvalue weighted by Crippen LogP contribution is 1.99. The Hall–Kier alpha value is -1.32. The van der Waals surface area contributed by atoms with Gasteiger partial charge in [0.1, 0.15) is 0 Å². The SMILES string of the molecule is CCCc1cnc(C(=O)O)[nH]1. The number of carbonyl (C=O) groups is 1. The molecule has 1 aromatic heterocycles. The summed E-state index contributed by atoms with van der Waals surface area (Å²) in [6.45, 7) is 2.03. The molecular weight excluding hydrogens is 144 g/mol. The van der Waals surface area contributed by atoms with Gasteiger partial charge in [-0.1, -0.05) is 13.3 Å². The molecule has 0 fully saturated rings. The first-order chi connectivity index (χ1) is 5.24. The van der Waals surface area contributed by atoms with Gasteiger partial charge in [-0.25, -0.2) is 9.78 Å². The minimum atomic E-state index is -1.01. The molecule has 4 heteroatoms. The highest BCUT2D eigenvalue weighted by molar-refractivity contribution is 5.83. The number of hydrogen-bond acceptors (Lipinski definition) is 2. The van der Waals surface area contributed by atoms with Crippen molar-refractivity contribution >= 4 is 5.97 Å². The molecule has 2 N–H and O–H groups in total. The first-order valence-electron chi connectivity index (χ1n) is 3.51. The second-order valence-corrected chi connectivity index (χ2v) is 2.31. The van der Waals surface area contributed by atoms with Crippen LogP contribution in [0.2, 0.25) is 0 Å². The van der Waals surface area contributed by atoms with E-state index in [1.165, 1.54) is 0 Å². The van der Waals surface area contributed by atoms with Gasteiger partial charge in [0.25, 0.3) is 0 Å². The van der Waals surface area contributed by atoms with E-state index in [1.54, 1.807) is 6.20 Å². The molecule has 11 heavy (non-hydrogen) atoms. The maximum atomic E-state index is 10.3. The van der Waals surface area contributed by atoms with Crippen molar-refractivity contribution in [2.24, 2.45) is 0 Å². The van der Waals surface area contributed by atoms with Gasteiger partial charge < -0.3 is 10.1 Å². The summed E-state index contributed by atoms with van der Waals surface area (Å²) >= 11 is 0. The number of aromatic carboxylic acids is 1. The summed E-state index contributed by atoms with van der Waals surface area (Å²) in [7, 11) is 0.